The predicted molar refractivity (Wildman–Crippen MR) is 52.4 cm³/mol. The van der Waals surface area contributed by atoms with E-state index in [4.69, 9.17) is 11.0 Å². The maximum Gasteiger partial charge on any atom is 0.165 e. The second-order valence-electron chi connectivity index (χ2n) is 3.83. The van der Waals surface area contributed by atoms with Crippen LogP contribution in [0.4, 0.5) is 4.39 Å². The van der Waals surface area contributed by atoms with Crippen molar-refractivity contribution >= 4 is 0 Å². The average molecular weight is 206 g/mol. The van der Waals surface area contributed by atoms with Crippen molar-refractivity contribution in [3.8, 4) is 11.8 Å². The van der Waals surface area contributed by atoms with Gasteiger partial charge in [-0.1, -0.05) is 0 Å². The summed E-state index contributed by atoms with van der Waals surface area (Å²) in [5, 5.41) is 18.4. The monoisotopic (exact) mass is 206 g/mol. The van der Waals surface area contributed by atoms with Crippen molar-refractivity contribution in [3.05, 3.63) is 29.1 Å². The van der Waals surface area contributed by atoms with Crippen molar-refractivity contribution in [2.75, 3.05) is 0 Å². The molecule has 0 aliphatic heterocycles. The van der Waals surface area contributed by atoms with E-state index in [9.17, 15) is 9.50 Å². The average Bonchev–Trinajstić information content (AvgIpc) is 3.04. The molecule has 1 fully saturated rings. The number of phenols is 1. The Kier molecular flexibility index (Phi) is 2.33. The van der Waals surface area contributed by atoms with Crippen molar-refractivity contribution in [2.24, 2.45) is 11.7 Å². The first kappa shape index (κ1) is 9.94. The quantitative estimate of drug-likeness (QED) is 0.775. The second kappa shape index (κ2) is 3.52. The molecule has 3 nitrogen and oxygen atoms in total. The predicted octanol–water partition coefficient (Wildman–Crippen LogP) is 1.81. The number of phenolic OH excluding ortho intramolecular Hbond substituents is 1. The van der Waals surface area contributed by atoms with Crippen molar-refractivity contribution in [1.82, 2.24) is 0 Å². The van der Waals surface area contributed by atoms with Gasteiger partial charge in [0.1, 0.15) is 0 Å². The Balaban J connectivity index is 2.51. The molecular formula is C11H11FN2O. The Morgan fingerprint density at radius 1 is 1.53 bits per heavy atom. The van der Waals surface area contributed by atoms with Gasteiger partial charge in [0.2, 0.25) is 0 Å². The molecule has 0 radical (unpaired) electrons. The summed E-state index contributed by atoms with van der Waals surface area (Å²) in [6.45, 7) is 0. The maximum atomic E-state index is 13.1. The third-order valence-corrected chi connectivity index (χ3v) is 2.75. The molecule has 2 rings (SSSR count). The molecule has 1 atom stereocenters. The van der Waals surface area contributed by atoms with Crippen LogP contribution in [0.5, 0.6) is 5.75 Å². The van der Waals surface area contributed by atoms with Crippen LogP contribution in [-0.2, 0) is 0 Å². The lowest BCUT2D eigenvalue weighted by molar-refractivity contribution is 0.416. The van der Waals surface area contributed by atoms with Crippen LogP contribution in [0.1, 0.15) is 30.0 Å². The highest BCUT2D eigenvalue weighted by Crippen LogP contribution is 2.43. The molecule has 0 spiro atoms. The molecule has 1 aliphatic rings. The molecule has 1 aliphatic carbocycles. The van der Waals surface area contributed by atoms with Crippen LogP contribution in [0, 0.1) is 23.1 Å². The zero-order chi connectivity index (χ0) is 11.0. The number of halogens is 1. The molecule has 0 unspecified atom stereocenters. The zero-order valence-electron chi connectivity index (χ0n) is 8.07. The summed E-state index contributed by atoms with van der Waals surface area (Å²) in [7, 11) is 0. The summed E-state index contributed by atoms with van der Waals surface area (Å²) in [6.07, 6.45) is 1.95. The molecule has 4 heteroatoms. The molecule has 78 valence electrons. The number of rotatable bonds is 2. The lowest BCUT2D eigenvalue weighted by Crippen LogP contribution is -2.14. The number of nitrogens with two attached hydrogens (primary N) is 1. The zero-order valence-corrected chi connectivity index (χ0v) is 8.07. The molecule has 0 bridgehead atoms. The minimum absolute atomic E-state index is 0.250. The minimum Gasteiger partial charge on any atom is -0.505 e. The highest BCUT2D eigenvalue weighted by atomic mass is 19.1. The fraction of sp³-hybridized carbons (Fsp3) is 0.364. The molecule has 1 aromatic rings. The number of hydrogen-bond acceptors (Lipinski definition) is 3. The first-order chi connectivity index (χ1) is 7.15. The van der Waals surface area contributed by atoms with Gasteiger partial charge in [0.25, 0.3) is 0 Å². The fourth-order valence-corrected chi connectivity index (χ4v) is 1.71. The molecule has 3 N–H and O–H groups in total. The van der Waals surface area contributed by atoms with E-state index in [2.05, 4.69) is 0 Å². The van der Waals surface area contributed by atoms with Crippen LogP contribution in [0.3, 0.4) is 0 Å². The van der Waals surface area contributed by atoms with E-state index < -0.39 is 17.6 Å². The van der Waals surface area contributed by atoms with Crippen LogP contribution in [-0.4, -0.2) is 5.11 Å². The van der Waals surface area contributed by atoms with Gasteiger partial charge in [0.15, 0.2) is 11.6 Å². The maximum absolute atomic E-state index is 13.1. The Bertz CT molecular complexity index is 435. The minimum atomic E-state index is -0.722. The highest BCUT2D eigenvalue weighted by molar-refractivity contribution is 5.49. The molecule has 0 amide bonds. The number of aromatic hydroxyl groups is 1. The van der Waals surface area contributed by atoms with Gasteiger partial charge in [-0.05, 0) is 30.9 Å². The van der Waals surface area contributed by atoms with Crippen LogP contribution in [0.25, 0.3) is 0 Å². The van der Waals surface area contributed by atoms with Gasteiger partial charge in [0.05, 0.1) is 11.6 Å². The first-order valence-corrected chi connectivity index (χ1v) is 4.82. The smallest absolute Gasteiger partial charge is 0.165 e. The number of nitrogens with zero attached hydrogens (tertiary/aromatic N) is 1. The van der Waals surface area contributed by atoms with Crippen molar-refractivity contribution in [3.63, 3.8) is 0 Å². The van der Waals surface area contributed by atoms with Crippen LogP contribution < -0.4 is 5.73 Å². The van der Waals surface area contributed by atoms with Gasteiger partial charge in [-0.15, -0.1) is 0 Å². The Morgan fingerprint density at radius 3 is 2.73 bits per heavy atom. The van der Waals surface area contributed by atoms with Gasteiger partial charge < -0.3 is 10.8 Å². The second-order valence-corrected chi connectivity index (χ2v) is 3.83. The summed E-state index contributed by atoms with van der Waals surface area (Å²) in [5.74, 6) is -0.932. The Hall–Kier alpha value is -1.60. The normalized spacial score (nSPS) is 17.1. The van der Waals surface area contributed by atoms with Crippen LogP contribution in [0.2, 0.25) is 0 Å². The Labute approximate surface area is 86.9 Å². The van der Waals surface area contributed by atoms with E-state index in [0.29, 0.717) is 0 Å². The molecule has 15 heavy (non-hydrogen) atoms. The topological polar surface area (TPSA) is 70.0 Å². The van der Waals surface area contributed by atoms with Gasteiger partial charge in [-0.2, -0.15) is 5.26 Å². The molecule has 0 aromatic heterocycles. The standard InChI is InChI=1S/C11H11FN2O/c12-8-4-3-7(5-13)9(11(8)15)10(14)6-1-2-6/h3-4,6,10,15H,1-2,14H2/t10-/m0/s1. The fourth-order valence-electron chi connectivity index (χ4n) is 1.71. The van der Waals surface area contributed by atoms with Crippen molar-refractivity contribution in [1.29, 1.82) is 5.26 Å². The lowest BCUT2D eigenvalue weighted by Gasteiger charge is -2.14. The molecule has 0 saturated heterocycles. The molecular weight excluding hydrogens is 195 g/mol. The van der Waals surface area contributed by atoms with E-state index >= 15 is 0 Å². The lowest BCUT2D eigenvalue weighted by atomic mass is 9.97. The highest BCUT2D eigenvalue weighted by Gasteiger charge is 2.33. The summed E-state index contributed by atoms with van der Waals surface area (Å²) in [4.78, 5) is 0. The SMILES string of the molecule is N#Cc1ccc(F)c(O)c1[C@@H](N)C1CC1. The number of benzene rings is 1. The van der Waals surface area contributed by atoms with Crippen LogP contribution in [0.15, 0.2) is 12.1 Å². The van der Waals surface area contributed by atoms with Gasteiger partial charge in [-0.3, -0.25) is 0 Å². The van der Waals surface area contributed by atoms with E-state index in [1.807, 2.05) is 6.07 Å². The third-order valence-electron chi connectivity index (χ3n) is 2.75. The van der Waals surface area contributed by atoms with E-state index in [1.165, 1.54) is 6.07 Å². The molecule has 1 saturated carbocycles. The van der Waals surface area contributed by atoms with Crippen molar-refractivity contribution < 1.29 is 9.50 Å². The van der Waals surface area contributed by atoms with E-state index in [-0.39, 0.29) is 17.0 Å². The summed E-state index contributed by atoms with van der Waals surface area (Å²) >= 11 is 0. The summed E-state index contributed by atoms with van der Waals surface area (Å²) in [6, 6.07) is 3.92. The molecule has 0 heterocycles. The van der Waals surface area contributed by atoms with Crippen LogP contribution >= 0.6 is 0 Å². The third kappa shape index (κ3) is 1.66. The summed E-state index contributed by atoms with van der Waals surface area (Å²) in [5.41, 5.74) is 6.38. The van der Waals surface area contributed by atoms with E-state index in [0.717, 1.165) is 18.9 Å². The number of hydrogen-bond donors (Lipinski definition) is 2. The van der Waals surface area contributed by atoms with E-state index in [1.54, 1.807) is 0 Å². The first-order valence-electron chi connectivity index (χ1n) is 4.82. The van der Waals surface area contributed by atoms with Crippen molar-refractivity contribution in [2.45, 2.75) is 18.9 Å². The van der Waals surface area contributed by atoms with Gasteiger partial charge in [-0.25, -0.2) is 4.39 Å². The largest absolute Gasteiger partial charge is 0.505 e. The van der Waals surface area contributed by atoms with Gasteiger partial charge in [0, 0.05) is 11.6 Å². The van der Waals surface area contributed by atoms with Gasteiger partial charge >= 0.3 is 0 Å². The Morgan fingerprint density at radius 2 is 2.20 bits per heavy atom. The number of nitriles is 1. The molecule has 1 aromatic carbocycles. The summed E-state index contributed by atoms with van der Waals surface area (Å²) < 4.78 is 13.1.